The number of amides is 2. The standard InChI is InChI=1S/2C21H35NO3/c2*1-17(2)12-10-8-6-4-3-5-7-9-11-13-21(25)22-18-14-15-19(23)20(24)16-18/h2*14-17,23-24H,3-13H2,1-2H3,(H,22,25). The molecule has 0 unspecified atom stereocenters. The predicted molar refractivity (Wildman–Crippen MR) is 208 cm³/mol. The number of anilines is 2. The van der Waals surface area contributed by atoms with Gasteiger partial charge in [-0.25, -0.2) is 0 Å². The summed E-state index contributed by atoms with van der Waals surface area (Å²) in [5, 5.41) is 42.8. The van der Waals surface area contributed by atoms with Crippen molar-refractivity contribution >= 4 is 23.2 Å². The summed E-state index contributed by atoms with van der Waals surface area (Å²) in [5.74, 6) is 0.763. The van der Waals surface area contributed by atoms with Crippen molar-refractivity contribution in [2.75, 3.05) is 10.6 Å². The van der Waals surface area contributed by atoms with Gasteiger partial charge in [-0.05, 0) is 48.9 Å². The molecule has 0 saturated heterocycles. The number of hydrogen-bond acceptors (Lipinski definition) is 6. The van der Waals surface area contributed by atoms with E-state index in [9.17, 15) is 30.0 Å². The topological polar surface area (TPSA) is 139 Å². The molecule has 2 amide bonds. The number of benzene rings is 2. The number of carbonyl (C=O) groups is 2. The predicted octanol–water partition coefficient (Wildman–Crippen LogP) is 12.0. The third-order valence-corrected chi connectivity index (χ3v) is 8.89. The van der Waals surface area contributed by atoms with Gasteiger partial charge in [0.1, 0.15) is 0 Å². The van der Waals surface area contributed by atoms with Crippen molar-refractivity contribution in [2.45, 2.75) is 169 Å². The molecule has 0 spiro atoms. The Morgan fingerprint density at radius 2 is 0.720 bits per heavy atom. The maximum absolute atomic E-state index is 11.8. The number of rotatable bonds is 26. The third-order valence-electron chi connectivity index (χ3n) is 8.89. The lowest BCUT2D eigenvalue weighted by molar-refractivity contribution is -0.117. The molecule has 0 saturated carbocycles. The zero-order chi connectivity index (χ0) is 37.0. The Bertz CT molecular complexity index is 1090. The highest BCUT2D eigenvalue weighted by molar-refractivity contribution is 5.91. The van der Waals surface area contributed by atoms with E-state index >= 15 is 0 Å². The summed E-state index contributed by atoms with van der Waals surface area (Å²) in [5.41, 5.74) is 1.02. The van der Waals surface area contributed by atoms with Crippen molar-refractivity contribution < 1.29 is 30.0 Å². The van der Waals surface area contributed by atoms with Gasteiger partial charge in [0.15, 0.2) is 23.0 Å². The van der Waals surface area contributed by atoms with Gasteiger partial charge in [-0.3, -0.25) is 9.59 Å². The zero-order valence-corrected chi connectivity index (χ0v) is 31.8. The molecule has 50 heavy (non-hydrogen) atoms. The summed E-state index contributed by atoms with van der Waals surface area (Å²) in [6.45, 7) is 9.15. The number of nitrogens with one attached hydrogen (secondary N) is 2. The number of phenols is 4. The summed E-state index contributed by atoms with van der Waals surface area (Å²) < 4.78 is 0. The van der Waals surface area contributed by atoms with E-state index in [1.54, 1.807) is 12.1 Å². The Kier molecular flexibility index (Phi) is 25.2. The van der Waals surface area contributed by atoms with E-state index in [-0.39, 0.29) is 34.8 Å². The van der Waals surface area contributed by atoms with Crippen LogP contribution in [0.25, 0.3) is 0 Å². The van der Waals surface area contributed by atoms with Gasteiger partial charge >= 0.3 is 0 Å². The molecule has 0 aromatic heterocycles. The first-order valence-electron chi connectivity index (χ1n) is 19.6. The molecule has 0 radical (unpaired) electrons. The first-order valence-corrected chi connectivity index (χ1v) is 19.6. The fraction of sp³-hybridized carbons (Fsp3) is 0.667. The van der Waals surface area contributed by atoms with Gasteiger partial charge in [-0.15, -0.1) is 0 Å². The molecule has 2 aromatic rings. The molecular weight excluding hydrogens is 628 g/mol. The first kappa shape index (κ1) is 44.6. The smallest absolute Gasteiger partial charge is 0.224 e. The van der Waals surface area contributed by atoms with Crippen LogP contribution in [0.4, 0.5) is 11.4 Å². The van der Waals surface area contributed by atoms with E-state index in [1.165, 1.54) is 127 Å². The minimum atomic E-state index is -0.220. The number of hydrogen-bond donors (Lipinski definition) is 6. The van der Waals surface area contributed by atoms with Crippen LogP contribution in [0.1, 0.15) is 169 Å². The van der Waals surface area contributed by atoms with Gasteiger partial charge in [-0.2, -0.15) is 0 Å². The Labute approximate surface area is 303 Å². The third kappa shape index (κ3) is 24.7. The highest BCUT2D eigenvalue weighted by atomic mass is 16.3. The SMILES string of the molecule is CC(C)CCCCCCCCCCCC(=O)Nc1ccc(O)c(O)c1.CC(C)CCCCCCCCCCCC(=O)Nc1ccc(O)c(O)c1. The molecule has 0 aliphatic carbocycles. The molecule has 0 fully saturated rings. The lowest BCUT2D eigenvalue weighted by Crippen LogP contribution is -2.10. The van der Waals surface area contributed by atoms with Crippen LogP contribution in [0.2, 0.25) is 0 Å². The molecule has 6 N–H and O–H groups in total. The van der Waals surface area contributed by atoms with Gasteiger partial charge < -0.3 is 31.1 Å². The molecule has 2 rings (SSSR count). The van der Waals surface area contributed by atoms with Crippen LogP contribution in [0, 0.1) is 11.8 Å². The normalized spacial score (nSPS) is 11.0. The highest BCUT2D eigenvalue weighted by Crippen LogP contribution is 2.28. The van der Waals surface area contributed by atoms with Crippen molar-refractivity contribution in [3.63, 3.8) is 0 Å². The highest BCUT2D eigenvalue weighted by Gasteiger charge is 2.07. The van der Waals surface area contributed by atoms with Gasteiger partial charge in [0.2, 0.25) is 11.8 Å². The minimum Gasteiger partial charge on any atom is -0.504 e. The number of carbonyl (C=O) groups excluding carboxylic acids is 2. The zero-order valence-electron chi connectivity index (χ0n) is 31.8. The number of aromatic hydroxyl groups is 4. The largest absolute Gasteiger partial charge is 0.504 e. The van der Waals surface area contributed by atoms with Crippen molar-refractivity contribution in [2.24, 2.45) is 11.8 Å². The summed E-state index contributed by atoms with van der Waals surface area (Å²) in [7, 11) is 0. The minimum absolute atomic E-state index is 0.0461. The van der Waals surface area contributed by atoms with Crippen molar-refractivity contribution in [1.29, 1.82) is 0 Å². The Morgan fingerprint density at radius 3 is 1.00 bits per heavy atom. The van der Waals surface area contributed by atoms with Gasteiger partial charge in [-0.1, -0.05) is 143 Å². The molecule has 0 atom stereocenters. The molecular formula is C42H70N2O6. The second-order valence-electron chi connectivity index (χ2n) is 14.7. The number of phenolic OH excluding ortho intramolecular Hbond substituents is 4. The van der Waals surface area contributed by atoms with E-state index in [0.29, 0.717) is 24.2 Å². The number of unbranched alkanes of at least 4 members (excludes halogenated alkanes) is 16. The molecule has 0 aliphatic heterocycles. The maximum Gasteiger partial charge on any atom is 0.224 e. The second kappa shape index (κ2) is 28.3. The first-order chi connectivity index (χ1) is 24.0. The van der Waals surface area contributed by atoms with Gasteiger partial charge in [0.25, 0.3) is 0 Å². The molecule has 0 aliphatic rings. The summed E-state index contributed by atoms with van der Waals surface area (Å²) in [6.07, 6.45) is 26.0. The van der Waals surface area contributed by atoms with Crippen LogP contribution in [0.3, 0.4) is 0 Å². The Balaban J connectivity index is 0.000000500. The summed E-state index contributed by atoms with van der Waals surface area (Å²) >= 11 is 0. The van der Waals surface area contributed by atoms with Crippen LogP contribution in [0.15, 0.2) is 36.4 Å². The Morgan fingerprint density at radius 1 is 0.440 bits per heavy atom. The maximum atomic E-state index is 11.8. The fourth-order valence-corrected chi connectivity index (χ4v) is 5.80. The molecule has 8 nitrogen and oxygen atoms in total. The molecule has 0 heterocycles. The quantitative estimate of drug-likeness (QED) is 0.0328. The van der Waals surface area contributed by atoms with E-state index in [0.717, 1.165) is 37.5 Å². The van der Waals surface area contributed by atoms with Gasteiger partial charge in [0, 0.05) is 36.3 Å². The van der Waals surface area contributed by atoms with Crippen LogP contribution < -0.4 is 10.6 Å². The molecule has 0 bridgehead atoms. The van der Waals surface area contributed by atoms with Crippen LogP contribution in [0.5, 0.6) is 23.0 Å². The van der Waals surface area contributed by atoms with Crippen molar-refractivity contribution in [3.05, 3.63) is 36.4 Å². The van der Waals surface area contributed by atoms with Crippen molar-refractivity contribution in [1.82, 2.24) is 0 Å². The average molecular weight is 699 g/mol. The van der Waals surface area contributed by atoms with Crippen LogP contribution >= 0.6 is 0 Å². The lowest BCUT2D eigenvalue weighted by atomic mass is 10.0. The van der Waals surface area contributed by atoms with Crippen molar-refractivity contribution in [3.8, 4) is 23.0 Å². The Hall–Kier alpha value is -3.42. The van der Waals surface area contributed by atoms with Crippen LogP contribution in [-0.2, 0) is 9.59 Å². The van der Waals surface area contributed by atoms with Gasteiger partial charge in [0.05, 0.1) is 0 Å². The summed E-state index contributed by atoms with van der Waals surface area (Å²) in [6, 6.07) is 8.60. The molecule has 2 aromatic carbocycles. The fourth-order valence-electron chi connectivity index (χ4n) is 5.80. The van der Waals surface area contributed by atoms with Crippen LogP contribution in [-0.4, -0.2) is 32.2 Å². The van der Waals surface area contributed by atoms with E-state index in [4.69, 9.17) is 0 Å². The lowest BCUT2D eigenvalue weighted by Gasteiger charge is -2.07. The van der Waals surface area contributed by atoms with E-state index in [1.807, 2.05) is 0 Å². The molecule has 284 valence electrons. The van der Waals surface area contributed by atoms with E-state index < -0.39 is 0 Å². The van der Waals surface area contributed by atoms with E-state index in [2.05, 4.69) is 38.3 Å². The second-order valence-corrected chi connectivity index (χ2v) is 14.7. The molecule has 8 heteroatoms. The summed E-state index contributed by atoms with van der Waals surface area (Å²) in [4.78, 5) is 23.7. The average Bonchev–Trinajstić information content (AvgIpc) is 3.06. The monoisotopic (exact) mass is 699 g/mol.